The van der Waals surface area contributed by atoms with E-state index in [1.165, 1.54) is 4.90 Å². The Morgan fingerprint density at radius 3 is 2.45 bits per heavy atom. The molecule has 1 aromatic heterocycles. The van der Waals surface area contributed by atoms with E-state index in [4.69, 9.17) is 16.3 Å². The van der Waals surface area contributed by atoms with E-state index in [0.29, 0.717) is 28.5 Å². The van der Waals surface area contributed by atoms with Gasteiger partial charge in [0.05, 0.1) is 18.2 Å². The summed E-state index contributed by atoms with van der Waals surface area (Å²) in [7, 11) is 0. The van der Waals surface area contributed by atoms with Gasteiger partial charge in [-0.2, -0.15) is 0 Å². The molecule has 0 bridgehead atoms. The number of amides is 1. The van der Waals surface area contributed by atoms with Crippen LogP contribution in [0.3, 0.4) is 0 Å². The monoisotopic (exact) mass is 462 g/mol. The number of ketones is 1. The number of ether oxygens (including phenoxy) is 1. The summed E-state index contributed by atoms with van der Waals surface area (Å²) in [6, 6.07) is 16.6. The van der Waals surface area contributed by atoms with Crippen molar-refractivity contribution in [3.05, 3.63) is 100 Å². The van der Waals surface area contributed by atoms with E-state index in [-0.39, 0.29) is 17.9 Å². The molecule has 0 spiro atoms. The first-order valence-corrected chi connectivity index (χ1v) is 11.0. The van der Waals surface area contributed by atoms with Crippen molar-refractivity contribution in [1.82, 2.24) is 9.88 Å². The second-order valence-electron chi connectivity index (χ2n) is 7.71. The second kappa shape index (κ2) is 9.88. The lowest BCUT2D eigenvalue weighted by molar-refractivity contribution is -0.140. The summed E-state index contributed by atoms with van der Waals surface area (Å²) in [5, 5.41) is 11.6. The van der Waals surface area contributed by atoms with Crippen LogP contribution >= 0.6 is 11.6 Å². The number of aliphatic hydroxyl groups excluding tert-OH is 1. The first kappa shape index (κ1) is 22.6. The number of carbonyl (C=O) groups is 2. The molecule has 168 valence electrons. The molecule has 1 N–H and O–H groups in total. The maximum atomic E-state index is 13.1. The van der Waals surface area contributed by atoms with Crippen LogP contribution in [-0.2, 0) is 16.1 Å². The zero-order valence-electron chi connectivity index (χ0n) is 18.1. The highest BCUT2D eigenvalue weighted by atomic mass is 35.5. The molecule has 1 fully saturated rings. The normalized spacial score (nSPS) is 17.4. The van der Waals surface area contributed by atoms with Gasteiger partial charge in [-0.1, -0.05) is 36.7 Å². The molecule has 1 amide bonds. The van der Waals surface area contributed by atoms with Gasteiger partial charge in [-0.15, -0.1) is 0 Å². The fourth-order valence-electron chi connectivity index (χ4n) is 3.81. The Labute approximate surface area is 197 Å². The average Bonchev–Trinajstić information content (AvgIpc) is 3.08. The number of carbonyl (C=O) groups excluding carboxylic acids is 2. The first-order valence-electron chi connectivity index (χ1n) is 10.7. The van der Waals surface area contributed by atoms with Crippen molar-refractivity contribution in [3.63, 3.8) is 0 Å². The Hall–Kier alpha value is -3.64. The predicted molar refractivity (Wildman–Crippen MR) is 126 cm³/mol. The molecule has 3 aromatic rings. The van der Waals surface area contributed by atoms with Crippen molar-refractivity contribution in [1.29, 1.82) is 0 Å². The molecule has 2 heterocycles. The van der Waals surface area contributed by atoms with Crippen molar-refractivity contribution < 1.29 is 19.4 Å². The molecule has 1 aliphatic rings. The molecule has 4 rings (SSSR count). The summed E-state index contributed by atoms with van der Waals surface area (Å²) in [6.45, 7) is 2.79. The molecule has 0 unspecified atom stereocenters. The minimum absolute atomic E-state index is 0.0356. The minimum atomic E-state index is -0.763. The quantitative estimate of drug-likeness (QED) is 0.298. The number of aliphatic hydroxyl groups is 1. The van der Waals surface area contributed by atoms with Crippen LogP contribution in [0.2, 0.25) is 5.02 Å². The van der Waals surface area contributed by atoms with Crippen molar-refractivity contribution in [2.45, 2.75) is 25.9 Å². The lowest BCUT2D eigenvalue weighted by atomic mass is 9.95. The van der Waals surface area contributed by atoms with E-state index in [9.17, 15) is 14.7 Å². The number of rotatable bonds is 7. The molecule has 1 atom stereocenters. The van der Waals surface area contributed by atoms with Crippen LogP contribution in [0.5, 0.6) is 5.75 Å². The molecule has 0 aliphatic carbocycles. The SMILES string of the molecule is CCCOc1ccc([C@@H]2/C(=C(\O)c3ccc(Cl)cc3)C(=O)C(=O)N2Cc2cccnc2)cc1. The molecule has 2 aromatic carbocycles. The zero-order valence-corrected chi connectivity index (χ0v) is 18.8. The van der Waals surface area contributed by atoms with Crippen molar-refractivity contribution >= 4 is 29.1 Å². The molecule has 33 heavy (non-hydrogen) atoms. The van der Waals surface area contributed by atoms with Crippen molar-refractivity contribution in [2.24, 2.45) is 0 Å². The van der Waals surface area contributed by atoms with Gasteiger partial charge in [0.25, 0.3) is 11.7 Å². The van der Waals surface area contributed by atoms with Gasteiger partial charge in [0, 0.05) is 29.5 Å². The summed E-state index contributed by atoms with van der Waals surface area (Å²) in [5.41, 5.74) is 1.91. The number of halogens is 1. The second-order valence-corrected chi connectivity index (χ2v) is 8.15. The van der Waals surface area contributed by atoms with Gasteiger partial charge in [0.15, 0.2) is 0 Å². The third kappa shape index (κ3) is 4.76. The fraction of sp³-hybridized carbons (Fsp3) is 0.192. The summed E-state index contributed by atoms with van der Waals surface area (Å²) in [6.07, 6.45) is 4.18. The van der Waals surface area contributed by atoms with Crippen LogP contribution < -0.4 is 4.74 Å². The topological polar surface area (TPSA) is 79.7 Å². The van der Waals surface area contributed by atoms with Crippen molar-refractivity contribution in [3.8, 4) is 5.75 Å². The van der Waals surface area contributed by atoms with Crippen molar-refractivity contribution in [2.75, 3.05) is 6.61 Å². The Morgan fingerprint density at radius 2 is 1.82 bits per heavy atom. The third-order valence-electron chi connectivity index (χ3n) is 5.40. The van der Waals surface area contributed by atoms with Gasteiger partial charge in [0.2, 0.25) is 0 Å². The number of pyridine rings is 1. The first-order chi connectivity index (χ1) is 16.0. The van der Waals surface area contributed by atoms with Gasteiger partial charge in [0.1, 0.15) is 11.5 Å². The average molecular weight is 463 g/mol. The lowest BCUT2D eigenvalue weighted by Gasteiger charge is -2.25. The largest absolute Gasteiger partial charge is 0.507 e. The molecule has 1 saturated heterocycles. The van der Waals surface area contributed by atoms with Crippen LogP contribution in [0.25, 0.3) is 5.76 Å². The summed E-state index contributed by atoms with van der Waals surface area (Å²) in [4.78, 5) is 31.7. The molecule has 0 radical (unpaired) electrons. The Morgan fingerprint density at radius 1 is 1.09 bits per heavy atom. The standard InChI is InChI=1S/C26H23ClN2O4/c1-2-14-33-21-11-7-18(8-12-21)23-22(24(30)19-5-9-20(27)10-6-19)25(31)26(32)29(23)16-17-4-3-13-28-15-17/h3-13,15,23,30H,2,14,16H2,1H3/b24-22+/t23-/m1/s1. The van der Waals surface area contributed by atoms with Crippen LogP contribution in [0.4, 0.5) is 0 Å². The van der Waals surface area contributed by atoms with E-state index in [0.717, 1.165) is 12.0 Å². The van der Waals surface area contributed by atoms with Gasteiger partial charge in [-0.25, -0.2) is 0 Å². The Kier molecular flexibility index (Phi) is 6.75. The number of aromatic nitrogens is 1. The van der Waals surface area contributed by atoms with E-state index < -0.39 is 17.7 Å². The lowest BCUT2D eigenvalue weighted by Crippen LogP contribution is -2.29. The maximum Gasteiger partial charge on any atom is 0.295 e. The molecule has 0 saturated carbocycles. The van der Waals surface area contributed by atoms with Crippen LogP contribution in [-0.4, -0.2) is 33.3 Å². The third-order valence-corrected chi connectivity index (χ3v) is 5.65. The minimum Gasteiger partial charge on any atom is -0.507 e. The Balaban J connectivity index is 1.80. The molecular formula is C26H23ClN2O4. The van der Waals surface area contributed by atoms with Gasteiger partial charge in [-0.3, -0.25) is 14.6 Å². The van der Waals surface area contributed by atoms with E-state index >= 15 is 0 Å². The Bertz CT molecular complexity index is 1180. The number of hydrogen-bond acceptors (Lipinski definition) is 5. The van der Waals surface area contributed by atoms with E-state index in [1.54, 1.807) is 54.9 Å². The summed E-state index contributed by atoms with van der Waals surface area (Å²) in [5.74, 6) is -0.953. The van der Waals surface area contributed by atoms with Crippen LogP contribution in [0.1, 0.15) is 36.1 Å². The highest BCUT2D eigenvalue weighted by Crippen LogP contribution is 2.40. The molecule has 6 nitrogen and oxygen atoms in total. The predicted octanol–water partition coefficient (Wildman–Crippen LogP) is 5.15. The number of nitrogens with zero attached hydrogens (tertiary/aromatic N) is 2. The number of benzene rings is 2. The molecule has 1 aliphatic heterocycles. The van der Waals surface area contributed by atoms with Gasteiger partial charge >= 0.3 is 0 Å². The molecule has 7 heteroatoms. The van der Waals surface area contributed by atoms with Gasteiger partial charge in [-0.05, 0) is 60.0 Å². The number of likely N-dealkylation sites (tertiary alicyclic amines) is 1. The van der Waals surface area contributed by atoms with Gasteiger partial charge < -0.3 is 14.7 Å². The zero-order chi connectivity index (χ0) is 23.4. The smallest absolute Gasteiger partial charge is 0.295 e. The highest BCUT2D eigenvalue weighted by Gasteiger charge is 2.46. The van der Waals surface area contributed by atoms with Crippen LogP contribution in [0, 0.1) is 0 Å². The van der Waals surface area contributed by atoms with E-state index in [1.807, 2.05) is 25.1 Å². The fourth-order valence-corrected chi connectivity index (χ4v) is 3.93. The number of hydrogen-bond donors (Lipinski definition) is 1. The van der Waals surface area contributed by atoms with Crippen LogP contribution in [0.15, 0.2) is 78.6 Å². The molecular weight excluding hydrogens is 440 g/mol. The summed E-state index contributed by atoms with van der Waals surface area (Å²) >= 11 is 5.97. The highest BCUT2D eigenvalue weighted by molar-refractivity contribution is 6.46. The summed E-state index contributed by atoms with van der Waals surface area (Å²) < 4.78 is 5.66. The number of Topliss-reactive ketones (excluding diaryl/α,β-unsaturated/α-hetero) is 1. The maximum absolute atomic E-state index is 13.1. The van der Waals surface area contributed by atoms with E-state index in [2.05, 4.69) is 4.98 Å².